The maximum atomic E-state index is 12.8. The minimum absolute atomic E-state index is 0.145. The fourth-order valence-electron chi connectivity index (χ4n) is 3.47. The number of anilines is 1. The first-order chi connectivity index (χ1) is 13.4. The normalized spacial score (nSPS) is 18.2. The van der Waals surface area contributed by atoms with E-state index in [4.69, 9.17) is 0 Å². The fourth-order valence-corrected chi connectivity index (χ4v) is 5.02. The number of nitrogens with zero attached hydrogens (tertiary/aromatic N) is 1. The molecule has 0 saturated carbocycles. The number of hydrogen-bond acceptors (Lipinski definition) is 4. The van der Waals surface area contributed by atoms with Crippen molar-refractivity contribution in [2.45, 2.75) is 17.7 Å². The quantitative estimate of drug-likeness (QED) is 0.620. The Morgan fingerprint density at radius 3 is 2.61 bits per heavy atom. The summed E-state index contributed by atoms with van der Waals surface area (Å²) in [4.78, 5) is 29.6. The van der Waals surface area contributed by atoms with Gasteiger partial charge in [-0.1, -0.05) is 18.2 Å². The maximum absolute atomic E-state index is 12.8. The van der Waals surface area contributed by atoms with E-state index in [2.05, 4.69) is 15.3 Å². The van der Waals surface area contributed by atoms with Gasteiger partial charge in [-0.25, -0.2) is 13.2 Å². The van der Waals surface area contributed by atoms with E-state index in [0.29, 0.717) is 36.1 Å². The Kier molecular flexibility index (Phi) is 4.78. The lowest BCUT2D eigenvalue weighted by Crippen LogP contribution is -2.43. The lowest BCUT2D eigenvalue weighted by atomic mass is 9.98. The van der Waals surface area contributed by atoms with Crippen molar-refractivity contribution in [3.8, 4) is 0 Å². The molecule has 0 radical (unpaired) electrons. The standard InChI is InChI=1S/C19H20N4O4S/c24-18(20-14-8-9-16-17(11-14)22-19(25)21-16)13-5-4-10-23(12-13)28(26,27)15-6-2-1-3-7-15/h1-3,6-9,11,13H,4-5,10,12H2,(H,20,24)(H2,21,22,25)/t13-/m0/s1. The molecule has 1 aliphatic rings. The number of sulfonamides is 1. The zero-order valence-corrected chi connectivity index (χ0v) is 15.8. The highest BCUT2D eigenvalue weighted by Gasteiger charge is 2.33. The van der Waals surface area contributed by atoms with Gasteiger partial charge >= 0.3 is 5.69 Å². The molecule has 3 N–H and O–H groups in total. The third-order valence-corrected chi connectivity index (χ3v) is 6.80. The number of carbonyl (C=O) groups excluding carboxylic acids is 1. The Morgan fingerprint density at radius 2 is 1.82 bits per heavy atom. The molecule has 1 aliphatic heterocycles. The molecule has 3 aromatic rings. The van der Waals surface area contributed by atoms with E-state index in [9.17, 15) is 18.0 Å². The molecule has 9 heteroatoms. The zero-order valence-electron chi connectivity index (χ0n) is 15.0. The summed E-state index contributed by atoms with van der Waals surface area (Å²) in [7, 11) is -3.62. The van der Waals surface area contributed by atoms with E-state index in [1.165, 1.54) is 4.31 Å². The number of piperidine rings is 1. The molecule has 146 valence electrons. The van der Waals surface area contributed by atoms with Gasteiger partial charge in [-0.2, -0.15) is 4.31 Å². The van der Waals surface area contributed by atoms with Gasteiger partial charge in [0.25, 0.3) is 0 Å². The summed E-state index contributed by atoms with van der Waals surface area (Å²) < 4.78 is 27.0. The minimum Gasteiger partial charge on any atom is -0.326 e. The van der Waals surface area contributed by atoms with Crippen LogP contribution in [0.4, 0.5) is 5.69 Å². The Bertz CT molecular complexity index is 1170. The van der Waals surface area contributed by atoms with Crippen LogP contribution < -0.4 is 11.0 Å². The molecule has 4 rings (SSSR count). The first-order valence-corrected chi connectivity index (χ1v) is 10.5. The van der Waals surface area contributed by atoms with Gasteiger partial charge in [0.05, 0.1) is 21.8 Å². The van der Waals surface area contributed by atoms with Crippen LogP contribution in [0.1, 0.15) is 12.8 Å². The van der Waals surface area contributed by atoms with Crippen LogP contribution in [0, 0.1) is 5.92 Å². The molecule has 0 spiro atoms. The Hall–Kier alpha value is -2.91. The molecule has 1 amide bonds. The van der Waals surface area contributed by atoms with Crippen LogP contribution >= 0.6 is 0 Å². The maximum Gasteiger partial charge on any atom is 0.323 e. The van der Waals surface area contributed by atoms with Crippen molar-refractivity contribution in [3.63, 3.8) is 0 Å². The van der Waals surface area contributed by atoms with Crippen LogP contribution in [0.2, 0.25) is 0 Å². The second kappa shape index (κ2) is 7.25. The SMILES string of the molecule is O=C(Nc1ccc2[nH]c(=O)[nH]c2c1)[C@H]1CCCN(S(=O)(=O)c2ccccc2)C1. The summed E-state index contributed by atoms with van der Waals surface area (Å²) in [6.45, 7) is 0.545. The van der Waals surface area contributed by atoms with Crippen LogP contribution in [0.15, 0.2) is 58.2 Å². The molecule has 0 aliphatic carbocycles. The lowest BCUT2D eigenvalue weighted by Gasteiger charge is -2.31. The number of rotatable bonds is 4. The van der Waals surface area contributed by atoms with Crippen molar-refractivity contribution in [3.05, 3.63) is 59.0 Å². The number of hydrogen-bond donors (Lipinski definition) is 3. The predicted molar refractivity (Wildman–Crippen MR) is 105 cm³/mol. The molecule has 1 aromatic heterocycles. The van der Waals surface area contributed by atoms with E-state index in [1.54, 1.807) is 48.5 Å². The van der Waals surface area contributed by atoms with E-state index in [0.717, 1.165) is 0 Å². The number of nitrogens with one attached hydrogen (secondary N) is 3. The predicted octanol–water partition coefficient (Wildman–Crippen LogP) is 1.90. The largest absolute Gasteiger partial charge is 0.326 e. The van der Waals surface area contributed by atoms with Gasteiger partial charge in [0, 0.05) is 18.8 Å². The summed E-state index contributed by atoms with van der Waals surface area (Å²) in [5.74, 6) is -0.668. The average molecular weight is 400 g/mol. The van der Waals surface area contributed by atoms with Gasteiger partial charge < -0.3 is 15.3 Å². The smallest absolute Gasteiger partial charge is 0.323 e. The Labute approximate surface area is 161 Å². The summed E-state index contributed by atoms with van der Waals surface area (Å²) >= 11 is 0. The van der Waals surface area contributed by atoms with Crippen molar-refractivity contribution in [2.24, 2.45) is 5.92 Å². The number of H-pyrrole nitrogens is 2. The summed E-state index contributed by atoms with van der Waals surface area (Å²) in [5, 5.41) is 2.83. The molecule has 1 saturated heterocycles. The molecule has 0 unspecified atom stereocenters. The number of fused-ring (bicyclic) bond motifs is 1. The molecule has 28 heavy (non-hydrogen) atoms. The average Bonchev–Trinajstić information content (AvgIpc) is 3.08. The van der Waals surface area contributed by atoms with Crippen molar-refractivity contribution in [1.29, 1.82) is 0 Å². The molecular formula is C19H20N4O4S. The van der Waals surface area contributed by atoms with Crippen LogP contribution in [0.3, 0.4) is 0 Å². The zero-order chi connectivity index (χ0) is 19.7. The van der Waals surface area contributed by atoms with Crippen molar-refractivity contribution < 1.29 is 13.2 Å². The van der Waals surface area contributed by atoms with Crippen molar-refractivity contribution in [1.82, 2.24) is 14.3 Å². The number of benzene rings is 2. The number of imidazole rings is 1. The van der Waals surface area contributed by atoms with Gasteiger partial charge in [0.1, 0.15) is 0 Å². The molecular weight excluding hydrogens is 380 g/mol. The first-order valence-electron chi connectivity index (χ1n) is 9.01. The van der Waals surface area contributed by atoms with E-state index < -0.39 is 15.9 Å². The van der Waals surface area contributed by atoms with Crippen molar-refractivity contribution >= 4 is 32.7 Å². The lowest BCUT2D eigenvalue weighted by molar-refractivity contribution is -0.120. The Morgan fingerprint density at radius 1 is 1.07 bits per heavy atom. The van der Waals surface area contributed by atoms with Crippen LogP contribution in [-0.4, -0.2) is 41.7 Å². The molecule has 0 bridgehead atoms. The topological polar surface area (TPSA) is 115 Å². The summed E-state index contributed by atoms with van der Waals surface area (Å²) in [5.41, 5.74) is 1.49. The molecule has 8 nitrogen and oxygen atoms in total. The molecule has 2 heterocycles. The molecule has 1 atom stereocenters. The molecule has 2 aromatic carbocycles. The second-order valence-electron chi connectivity index (χ2n) is 6.84. The fraction of sp³-hybridized carbons (Fsp3) is 0.263. The molecule has 1 fully saturated rings. The van der Waals surface area contributed by atoms with Crippen molar-refractivity contribution in [2.75, 3.05) is 18.4 Å². The van der Waals surface area contributed by atoms with E-state index in [1.807, 2.05) is 0 Å². The van der Waals surface area contributed by atoms with Crippen LogP contribution in [0.5, 0.6) is 0 Å². The summed E-state index contributed by atoms with van der Waals surface area (Å²) in [6.07, 6.45) is 1.24. The highest BCUT2D eigenvalue weighted by atomic mass is 32.2. The van der Waals surface area contributed by atoms with Gasteiger partial charge in [-0.15, -0.1) is 0 Å². The highest BCUT2D eigenvalue weighted by Crippen LogP contribution is 2.25. The van der Waals surface area contributed by atoms with Gasteiger partial charge in [-0.05, 0) is 43.2 Å². The Balaban J connectivity index is 1.49. The van der Waals surface area contributed by atoms with Gasteiger partial charge in [0.15, 0.2) is 0 Å². The van der Waals surface area contributed by atoms with E-state index in [-0.39, 0.29) is 23.0 Å². The number of carbonyl (C=O) groups is 1. The number of aromatic amines is 2. The third kappa shape index (κ3) is 3.58. The van der Waals surface area contributed by atoms with Crippen LogP contribution in [0.25, 0.3) is 11.0 Å². The van der Waals surface area contributed by atoms with E-state index >= 15 is 0 Å². The van der Waals surface area contributed by atoms with Crippen LogP contribution in [-0.2, 0) is 14.8 Å². The number of amides is 1. The third-order valence-electron chi connectivity index (χ3n) is 4.92. The monoisotopic (exact) mass is 400 g/mol. The second-order valence-corrected chi connectivity index (χ2v) is 8.78. The first kappa shape index (κ1) is 18.5. The van der Waals surface area contributed by atoms with Gasteiger partial charge in [0.2, 0.25) is 15.9 Å². The highest BCUT2D eigenvalue weighted by molar-refractivity contribution is 7.89. The van der Waals surface area contributed by atoms with Gasteiger partial charge in [-0.3, -0.25) is 4.79 Å². The summed E-state index contributed by atoms with van der Waals surface area (Å²) in [6, 6.07) is 13.3. The number of aromatic nitrogens is 2. The minimum atomic E-state index is -3.62.